The van der Waals surface area contributed by atoms with Crippen molar-refractivity contribution in [3.05, 3.63) is 48.1 Å². The number of furan rings is 1. The van der Waals surface area contributed by atoms with Crippen LogP contribution < -0.4 is 10.6 Å². The fourth-order valence-electron chi connectivity index (χ4n) is 5.09. The molecule has 1 fully saturated rings. The average molecular weight is 508 g/mol. The average Bonchev–Trinajstić information content (AvgIpc) is 3.25. The summed E-state index contributed by atoms with van der Waals surface area (Å²) < 4.78 is 11.1. The molecule has 37 heavy (non-hydrogen) atoms. The first-order valence-electron chi connectivity index (χ1n) is 13.1. The van der Waals surface area contributed by atoms with Crippen LogP contribution in [0.4, 0.5) is 11.5 Å². The largest absolute Gasteiger partial charge is 0.448 e. The number of nitrogens with one attached hydrogen (secondary N) is 2. The Labute approximate surface area is 218 Å². The number of likely N-dealkylation sites (N-methyl/N-ethyl adjacent to an activating group) is 1. The van der Waals surface area contributed by atoms with Crippen LogP contribution in [-0.2, 0) is 9.53 Å². The minimum atomic E-state index is -0.473. The van der Waals surface area contributed by atoms with Crippen molar-refractivity contribution < 1.29 is 18.7 Å². The fourth-order valence-corrected chi connectivity index (χ4v) is 5.09. The SMILES string of the molecule is CCN(CCOC)C1CCCC(C(=O)Nc2c(C(=O)Nc3ccc(C)cn3)oc3ccncc23)CCC1. The van der Waals surface area contributed by atoms with Gasteiger partial charge in [-0.1, -0.05) is 25.8 Å². The minimum absolute atomic E-state index is 0.0429. The van der Waals surface area contributed by atoms with Gasteiger partial charge in [-0.05, 0) is 56.8 Å². The van der Waals surface area contributed by atoms with Gasteiger partial charge in [-0.25, -0.2) is 4.98 Å². The Morgan fingerprint density at radius 2 is 1.89 bits per heavy atom. The lowest BCUT2D eigenvalue weighted by Gasteiger charge is -2.33. The summed E-state index contributed by atoms with van der Waals surface area (Å²) in [6, 6.07) is 5.81. The van der Waals surface area contributed by atoms with Crippen molar-refractivity contribution in [1.82, 2.24) is 14.9 Å². The number of methoxy groups -OCH3 is 1. The maximum Gasteiger partial charge on any atom is 0.294 e. The lowest BCUT2D eigenvalue weighted by atomic mass is 9.87. The van der Waals surface area contributed by atoms with Gasteiger partial charge in [0.15, 0.2) is 0 Å². The molecule has 3 aromatic rings. The van der Waals surface area contributed by atoms with Crippen molar-refractivity contribution in [2.75, 3.05) is 37.4 Å². The van der Waals surface area contributed by atoms with E-state index < -0.39 is 5.91 Å². The molecule has 1 aliphatic carbocycles. The first kappa shape index (κ1) is 26.8. The molecule has 198 valence electrons. The zero-order chi connectivity index (χ0) is 26.2. The molecule has 0 radical (unpaired) electrons. The van der Waals surface area contributed by atoms with Crippen LogP contribution in [0.25, 0.3) is 11.0 Å². The Morgan fingerprint density at radius 1 is 1.11 bits per heavy atom. The highest BCUT2D eigenvalue weighted by molar-refractivity contribution is 6.14. The first-order valence-corrected chi connectivity index (χ1v) is 13.1. The number of amides is 2. The third kappa shape index (κ3) is 6.72. The van der Waals surface area contributed by atoms with Crippen molar-refractivity contribution >= 4 is 34.3 Å². The standard InChI is InChI=1S/C28H37N5O4/c1-4-33(15-16-36-3)21-9-5-7-20(8-6-10-21)27(34)32-25-22-18-29-14-13-23(22)37-26(25)28(35)31-24-12-11-19(2)17-30-24/h11-14,17-18,20-21H,4-10,15-16H2,1-3H3,(H,32,34)(H,30,31,35). The molecule has 4 rings (SSSR count). The number of aromatic nitrogens is 2. The molecule has 0 bridgehead atoms. The number of aryl methyl sites for hydroxylation is 1. The van der Waals surface area contributed by atoms with Gasteiger partial charge < -0.3 is 19.8 Å². The predicted molar refractivity (Wildman–Crippen MR) is 144 cm³/mol. The summed E-state index contributed by atoms with van der Waals surface area (Å²) in [5, 5.41) is 6.38. The molecule has 3 heterocycles. The normalized spacial score (nSPS) is 18.4. The number of ether oxygens (including phenoxy) is 1. The molecule has 0 aliphatic heterocycles. The number of pyridine rings is 2. The van der Waals surface area contributed by atoms with E-state index in [2.05, 4.69) is 32.4 Å². The maximum absolute atomic E-state index is 13.4. The van der Waals surface area contributed by atoms with Crippen LogP contribution in [-0.4, -0.2) is 59.5 Å². The van der Waals surface area contributed by atoms with E-state index in [-0.39, 0.29) is 17.6 Å². The molecule has 3 aromatic heterocycles. The summed E-state index contributed by atoms with van der Waals surface area (Å²) in [6.07, 6.45) is 10.6. The Balaban J connectivity index is 1.46. The highest BCUT2D eigenvalue weighted by Gasteiger charge is 2.28. The van der Waals surface area contributed by atoms with E-state index in [1.165, 1.54) is 0 Å². The number of rotatable bonds is 9. The Kier molecular flexibility index (Phi) is 9.24. The van der Waals surface area contributed by atoms with E-state index in [9.17, 15) is 9.59 Å². The van der Waals surface area contributed by atoms with Gasteiger partial charge >= 0.3 is 0 Å². The number of nitrogens with zero attached hydrogens (tertiary/aromatic N) is 3. The van der Waals surface area contributed by atoms with E-state index >= 15 is 0 Å². The Bertz CT molecular complexity index is 1180. The van der Waals surface area contributed by atoms with Crippen molar-refractivity contribution in [3.8, 4) is 0 Å². The molecule has 1 aliphatic rings. The van der Waals surface area contributed by atoms with Gasteiger partial charge in [0, 0.05) is 44.2 Å². The van der Waals surface area contributed by atoms with Gasteiger partial charge in [-0.2, -0.15) is 0 Å². The Hall–Kier alpha value is -3.30. The molecule has 0 spiro atoms. The molecular weight excluding hydrogens is 470 g/mol. The van der Waals surface area contributed by atoms with Crippen LogP contribution in [0.3, 0.4) is 0 Å². The van der Waals surface area contributed by atoms with E-state index in [0.29, 0.717) is 28.5 Å². The van der Waals surface area contributed by atoms with E-state index in [4.69, 9.17) is 9.15 Å². The fraction of sp³-hybridized carbons (Fsp3) is 0.500. The molecule has 0 unspecified atom stereocenters. The molecule has 9 heteroatoms. The second-order valence-corrected chi connectivity index (χ2v) is 9.68. The second-order valence-electron chi connectivity index (χ2n) is 9.68. The van der Waals surface area contributed by atoms with Crippen LogP contribution in [0.5, 0.6) is 0 Å². The lowest BCUT2D eigenvalue weighted by Crippen LogP contribution is -2.38. The first-order chi connectivity index (χ1) is 18.0. The van der Waals surface area contributed by atoms with Gasteiger partial charge in [0.1, 0.15) is 17.1 Å². The van der Waals surface area contributed by atoms with Crippen LogP contribution in [0.15, 0.2) is 41.2 Å². The van der Waals surface area contributed by atoms with E-state index in [0.717, 1.165) is 63.8 Å². The van der Waals surface area contributed by atoms with Crippen molar-refractivity contribution in [2.45, 2.75) is 58.4 Å². The van der Waals surface area contributed by atoms with Gasteiger partial charge in [0.05, 0.1) is 12.0 Å². The van der Waals surface area contributed by atoms with Gasteiger partial charge in [-0.15, -0.1) is 0 Å². The predicted octanol–water partition coefficient (Wildman–Crippen LogP) is 5.03. The van der Waals surface area contributed by atoms with Crippen LogP contribution in [0.2, 0.25) is 0 Å². The zero-order valence-corrected chi connectivity index (χ0v) is 22.0. The summed E-state index contributed by atoms with van der Waals surface area (Å²) >= 11 is 0. The number of anilines is 2. The molecule has 2 N–H and O–H groups in total. The summed E-state index contributed by atoms with van der Waals surface area (Å²) in [5.74, 6) is -0.223. The quantitative estimate of drug-likeness (QED) is 0.418. The van der Waals surface area contributed by atoms with Gasteiger partial charge in [0.2, 0.25) is 11.7 Å². The highest BCUT2D eigenvalue weighted by atomic mass is 16.5. The summed E-state index contributed by atoms with van der Waals surface area (Å²) in [5.41, 5.74) is 1.83. The third-order valence-electron chi connectivity index (χ3n) is 7.15. The van der Waals surface area contributed by atoms with Crippen LogP contribution in [0.1, 0.15) is 61.6 Å². The van der Waals surface area contributed by atoms with Crippen molar-refractivity contribution in [3.63, 3.8) is 0 Å². The number of hydrogen-bond donors (Lipinski definition) is 2. The number of carbonyl (C=O) groups is 2. The van der Waals surface area contributed by atoms with Gasteiger partial charge in [0.25, 0.3) is 5.91 Å². The van der Waals surface area contributed by atoms with Crippen LogP contribution >= 0.6 is 0 Å². The molecule has 1 saturated carbocycles. The summed E-state index contributed by atoms with van der Waals surface area (Å²) in [6.45, 7) is 6.79. The second kappa shape index (κ2) is 12.8. The Morgan fingerprint density at radius 3 is 2.57 bits per heavy atom. The monoisotopic (exact) mass is 507 g/mol. The minimum Gasteiger partial charge on any atom is -0.448 e. The number of fused-ring (bicyclic) bond motifs is 1. The van der Waals surface area contributed by atoms with Crippen LogP contribution in [0, 0.1) is 12.8 Å². The lowest BCUT2D eigenvalue weighted by molar-refractivity contribution is -0.120. The third-order valence-corrected chi connectivity index (χ3v) is 7.15. The maximum atomic E-state index is 13.4. The summed E-state index contributed by atoms with van der Waals surface area (Å²) in [7, 11) is 1.74. The van der Waals surface area contributed by atoms with Crippen molar-refractivity contribution in [2.24, 2.45) is 5.92 Å². The number of carbonyl (C=O) groups excluding carboxylic acids is 2. The smallest absolute Gasteiger partial charge is 0.294 e. The zero-order valence-electron chi connectivity index (χ0n) is 22.0. The van der Waals surface area contributed by atoms with Gasteiger partial charge in [-0.3, -0.25) is 19.5 Å². The molecule has 0 atom stereocenters. The van der Waals surface area contributed by atoms with Crippen molar-refractivity contribution in [1.29, 1.82) is 0 Å². The molecule has 2 amide bonds. The summed E-state index contributed by atoms with van der Waals surface area (Å²) in [4.78, 5) is 37.4. The van der Waals surface area contributed by atoms with E-state index in [1.807, 2.05) is 13.0 Å². The molecule has 9 nitrogen and oxygen atoms in total. The highest BCUT2D eigenvalue weighted by Crippen LogP contribution is 2.33. The molecular formula is C28H37N5O4. The topological polar surface area (TPSA) is 110 Å². The molecule has 0 aromatic carbocycles. The molecule has 0 saturated heterocycles. The van der Waals surface area contributed by atoms with E-state index in [1.54, 1.807) is 37.8 Å². The number of hydrogen-bond acceptors (Lipinski definition) is 7.